The quantitative estimate of drug-likeness (QED) is 0.406. The Hall–Kier alpha value is -1.89. The van der Waals surface area contributed by atoms with Crippen molar-refractivity contribution in [2.45, 2.75) is 116 Å². The third-order valence-electron chi connectivity index (χ3n) is 7.45. The molecule has 2 aromatic rings. The number of aromatic nitrogens is 4. The van der Waals surface area contributed by atoms with E-state index in [4.69, 9.17) is 4.98 Å². The zero-order valence-corrected chi connectivity index (χ0v) is 21.4. The van der Waals surface area contributed by atoms with Gasteiger partial charge in [-0.3, -0.25) is 18.8 Å². The summed E-state index contributed by atoms with van der Waals surface area (Å²) in [5, 5.41) is 0. The van der Waals surface area contributed by atoms with Crippen molar-refractivity contribution in [2.24, 2.45) is 14.1 Å². The molecule has 33 heavy (non-hydrogen) atoms. The van der Waals surface area contributed by atoms with Crippen LogP contribution in [0, 0.1) is 0 Å². The number of piperidine rings is 1. The SMILES string of the molecule is CCCCCCCCCCCCn1c(CN2CCCC[C@H]2C)nc2c1c(=O)n(C)c(=O)n2C. The molecule has 0 spiro atoms. The van der Waals surface area contributed by atoms with Gasteiger partial charge in [0.1, 0.15) is 5.82 Å². The molecule has 1 atom stereocenters. The minimum absolute atomic E-state index is 0.231. The van der Waals surface area contributed by atoms with Gasteiger partial charge in [0, 0.05) is 26.7 Å². The van der Waals surface area contributed by atoms with Crippen LogP contribution in [0.5, 0.6) is 0 Å². The predicted octanol–water partition coefficient (Wildman–Crippen LogP) is 4.73. The van der Waals surface area contributed by atoms with E-state index in [1.54, 1.807) is 14.1 Å². The van der Waals surface area contributed by atoms with Crippen LogP contribution in [0.2, 0.25) is 0 Å². The van der Waals surface area contributed by atoms with E-state index in [1.807, 2.05) is 0 Å². The van der Waals surface area contributed by atoms with E-state index in [-0.39, 0.29) is 11.2 Å². The number of hydrogen-bond acceptors (Lipinski definition) is 4. The first-order valence-electron chi connectivity index (χ1n) is 13.3. The van der Waals surface area contributed by atoms with Crippen LogP contribution in [0.15, 0.2) is 9.59 Å². The molecule has 3 heterocycles. The largest absolute Gasteiger partial charge is 0.332 e. The Morgan fingerprint density at radius 1 is 0.879 bits per heavy atom. The van der Waals surface area contributed by atoms with Crippen molar-refractivity contribution in [1.29, 1.82) is 0 Å². The topological polar surface area (TPSA) is 65.1 Å². The van der Waals surface area contributed by atoms with Crippen LogP contribution >= 0.6 is 0 Å². The summed E-state index contributed by atoms with van der Waals surface area (Å²) >= 11 is 0. The van der Waals surface area contributed by atoms with Crippen molar-refractivity contribution < 1.29 is 0 Å². The molecule has 0 radical (unpaired) electrons. The highest BCUT2D eigenvalue weighted by atomic mass is 16.2. The van der Waals surface area contributed by atoms with E-state index >= 15 is 0 Å². The Kier molecular flexibility index (Phi) is 9.78. The van der Waals surface area contributed by atoms with Crippen LogP contribution in [0.25, 0.3) is 11.2 Å². The minimum atomic E-state index is -0.311. The molecule has 3 rings (SSSR count). The molecule has 1 fully saturated rings. The highest BCUT2D eigenvalue weighted by Gasteiger charge is 2.24. The van der Waals surface area contributed by atoms with E-state index in [9.17, 15) is 9.59 Å². The molecular weight excluding hydrogens is 414 g/mol. The normalized spacial score (nSPS) is 17.3. The zero-order chi connectivity index (χ0) is 23.8. The average molecular weight is 460 g/mol. The van der Waals surface area contributed by atoms with Gasteiger partial charge in [-0.15, -0.1) is 0 Å². The predicted molar refractivity (Wildman–Crippen MR) is 136 cm³/mol. The Morgan fingerprint density at radius 2 is 1.52 bits per heavy atom. The zero-order valence-electron chi connectivity index (χ0n) is 21.4. The van der Waals surface area contributed by atoms with Crippen LogP contribution < -0.4 is 11.2 Å². The summed E-state index contributed by atoms with van der Waals surface area (Å²) in [5.41, 5.74) is 0.560. The van der Waals surface area contributed by atoms with Gasteiger partial charge in [-0.25, -0.2) is 9.78 Å². The van der Waals surface area contributed by atoms with E-state index in [0.29, 0.717) is 17.2 Å². The Morgan fingerprint density at radius 3 is 2.15 bits per heavy atom. The van der Waals surface area contributed by atoms with Gasteiger partial charge in [-0.2, -0.15) is 0 Å². The number of aryl methyl sites for hydroxylation is 2. The Balaban J connectivity index is 1.69. The maximum Gasteiger partial charge on any atom is 0.332 e. The van der Waals surface area contributed by atoms with Crippen molar-refractivity contribution in [3.8, 4) is 0 Å². The number of hydrogen-bond donors (Lipinski definition) is 0. The number of rotatable bonds is 13. The molecule has 0 N–H and O–H groups in total. The standard InChI is InChI=1S/C26H45N5O2/c1-5-6-7-8-9-10-11-12-13-15-19-31-22(20-30-18-16-14-17-21(30)2)27-24-23(31)25(32)29(4)26(33)28(24)3/h21H,5-20H2,1-4H3/t21-/m1/s1. The molecule has 1 aliphatic rings. The van der Waals surface area contributed by atoms with Crippen LogP contribution in [-0.4, -0.2) is 36.2 Å². The molecular formula is C26H45N5O2. The highest BCUT2D eigenvalue weighted by Crippen LogP contribution is 2.21. The van der Waals surface area contributed by atoms with E-state index in [0.717, 1.165) is 31.9 Å². The second-order valence-corrected chi connectivity index (χ2v) is 10.1. The van der Waals surface area contributed by atoms with Gasteiger partial charge in [0.2, 0.25) is 0 Å². The summed E-state index contributed by atoms with van der Waals surface area (Å²) in [5.74, 6) is 0.924. The molecule has 2 aromatic heterocycles. The maximum absolute atomic E-state index is 13.0. The lowest BCUT2D eigenvalue weighted by atomic mass is 10.0. The average Bonchev–Trinajstić information content (AvgIpc) is 3.17. The summed E-state index contributed by atoms with van der Waals surface area (Å²) in [6.07, 6.45) is 16.5. The van der Waals surface area contributed by atoms with Gasteiger partial charge >= 0.3 is 5.69 Å². The fourth-order valence-electron chi connectivity index (χ4n) is 5.18. The molecule has 1 aliphatic heterocycles. The summed E-state index contributed by atoms with van der Waals surface area (Å²) < 4.78 is 4.85. The first-order valence-corrected chi connectivity index (χ1v) is 13.3. The third kappa shape index (κ3) is 6.37. The lowest BCUT2D eigenvalue weighted by Crippen LogP contribution is -2.38. The highest BCUT2D eigenvalue weighted by molar-refractivity contribution is 5.71. The van der Waals surface area contributed by atoms with Gasteiger partial charge in [0.15, 0.2) is 11.2 Å². The van der Waals surface area contributed by atoms with Gasteiger partial charge in [0.05, 0.1) is 6.54 Å². The molecule has 0 aliphatic carbocycles. The summed E-state index contributed by atoms with van der Waals surface area (Å²) in [4.78, 5) is 32.8. The number of fused-ring (bicyclic) bond motifs is 1. The van der Waals surface area contributed by atoms with E-state index in [1.165, 1.54) is 86.2 Å². The molecule has 0 aromatic carbocycles. The fourth-order valence-corrected chi connectivity index (χ4v) is 5.18. The maximum atomic E-state index is 13.0. The van der Waals surface area contributed by atoms with E-state index in [2.05, 4.69) is 23.3 Å². The second-order valence-electron chi connectivity index (χ2n) is 10.1. The van der Waals surface area contributed by atoms with Gasteiger partial charge < -0.3 is 4.57 Å². The second kappa shape index (κ2) is 12.5. The molecule has 1 saturated heterocycles. The minimum Gasteiger partial charge on any atom is -0.321 e. The fraction of sp³-hybridized carbons (Fsp3) is 0.808. The molecule has 7 nitrogen and oxygen atoms in total. The molecule has 7 heteroatoms. The first-order chi connectivity index (χ1) is 16.0. The Bertz CT molecular complexity index is 1000. The van der Waals surface area contributed by atoms with Crippen LogP contribution in [-0.2, 0) is 27.2 Å². The number of imidazole rings is 1. The molecule has 0 unspecified atom stereocenters. The van der Waals surface area contributed by atoms with Gasteiger partial charge in [0.25, 0.3) is 5.56 Å². The van der Waals surface area contributed by atoms with Gasteiger partial charge in [-0.05, 0) is 32.7 Å². The number of likely N-dealkylation sites (tertiary alicyclic amines) is 1. The third-order valence-corrected chi connectivity index (χ3v) is 7.45. The van der Waals surface area contributed by atoms with Gasteiger partial charge in [-0.1, -0.05) is 71.1 Å². The lowest BCUT2D eigenvalue weighted by Gasteiger charge is -2.33. The Labute approximate surface area is 198 Å². The van der Waals surface area contributed by atoms with E-state index < -0.39 is 0 Å². The molecule has 0 saturated carbocycles. The molecule has 0 bridgehead atoms. The van der Waals surface area contributed by atoms with Crippen molar-refractivity contribution in [2.75, 3.05) is 6.54 Å². The van der Waals surface area contributed by atoms with Crippen LogP contribution in [0.4, 0.5) is 0 Å². The summed E-state index contributed by atoms with van der Waals surface area (Å²) in [6, 6.07) is 0.524. The van der Waals surface area contributed by atoms with Crippen LogP contribution in [0.3, 0.4) is 0 Å². The number of unbranched alkanes of at least 4 members (excludes halogenated alkanes) is 9. The van der Waals surface area contributed by atoms with Crippen LogP contribution in [0.1, 0.15) is 103 Å². The first kappa shape index (κ1) is 25.7. The van der Waals surface area contributed by atoms with Crippen molar-refractivity contribution >= 4 is 11.2 Å². The number of nitrogens with zero attached hydrogens (tertiary/aromatic N) is 5. The van der Waals surface area contributed by atoms with Crippen molar-refractivity contribution in [3.63, 3.8) is 0 Å². The smallest absolute Gasteiger partial charge is 0.321 e. The van der Waals surface area contributed by atoms with Crippen molar-refractivity contribution in [3.05, 3.63) is 26.7 Å². The monoisotopic (exact) mass is 459 g/mol. The molecule has 0 amide bonds. The van der Waals surface area contributed by atoms with Crippen molar-refractivity contribution in [1.82, 2.24) is 23.6 Å². The lowest BCUT2D eigenvalue weighted by molar-refractivity contribution is 0.147. The molecule has 186 valence electrons. The summed E-state index contributed by atoms with van der Waals surface area (Å²) in [7, 11) is 3.28. The summed E-state index contributed by atoms with van der Waals surface area (Å²) in [6.45, 7) is 7.14.